The van der Waals surface area contributed by atoms with Gasteiger partial charge in [0, 0.05) is 12.3 Å². The Bertz CT molecular complexity index is 849. The van der Waals surface area contributed by atoms with E-state index in [1.54, 1.807) is 6.20 Å². The number of fused-ring (bicyclic) bond motifs is 1. The molecule has 1 aliphatic carbocycles. The summed E-state index contributed by atoms with van der Waals surface area (Å²) in [6.45, 7) is 0. The summed E-state index contributed by atoms with van der Waals surface area (Å²) < 4.78 is 3.95. The Morgan fingerprint density at radius 2 is 2.17 bits per heavy atom. The van der Waals surface area contributed by atoms with Crippen LogP contribution in [-0.4, -0.2) is 30.8 Å². The lowest BCUT2D eigenvalue weighted by Crippen LogP contribution is -2.19. The topological polar surface area (TPSA) is 64.2 Å². The molecule has 6 nitrogen and oxygen atoms in total. The molecule has 0 unspecified atom stereocenters. The Balaban J connectivity index is 1.40. The van der Waals surface area contributed by atoms with Gasteiger partial charge in [-0.25, -0.2) is 9.67 Å². The van der Waals surface area contributed by atoms with E-state index in [1.807, 2.05) is 45.7 Å². The molecule has 1 N–H and O–H groups in total. The molecule has 4 rings (SSSR count). The Labute approximate surface area is 144 Å². The average Bonchev–Trinajstić information content (AvgIpc) is 3.33. The third-order valence-corrected chi connectivity index (χ3v) is 5.31. The van der Waals surface area contributed by atoms with Gasteiger partial charge in [-0.3, -0.25) is 9.20 Å². The molecule has 3 heterocycles. The van der Waals surface area contributed by atoms with Gasteiger partial charge in [0.05, 0.1) is 29.7 Å². The van der Waals surface area contributed by atoms with Gasteiger partial charge in [-0.2, -0.15) is 5.10 Å². The van der Waals surface area contributed by atoms with E-state index >= 15 is 0 Å². The number of aromatic nitrogens is 4. The van der Waals surface area contributed by atoms with Crippen molar-refractivity contribution in [2.45, 2.75) is 36.9 Å². The van der Waals surface area contributed by atoms with Crippen LogP contribution in [0.15, 0.2) is 48.0 Å². The van der Waals surface area contributed by atoms with Crippen molar-refractivity contribution in [2.75, 3.05) is 11.1 Å². The number of thioether (sulfide) groups is 1. The molecule has 3 aromatic heterocycles. The van der Waals surface area contributed by atoms with Gasteiger partial charge in [0.2, 0.25) is 5.91 Å². The van der Waals surface area contributed by atoms with Crippen LogP contribution >= 0.6 is 11.8 Å². The van der Waals surface area contributed by atoms with Crippen LogP contribution in [0.4, 0.5) is 5.82 Å². The van der Waals surface area contributed by atoms with Gasteiger partial charge in [0.15, 0.2) is 5.16 Å². The highest BCUT2D eigenvalue weighted by Gasteiger charge is 2.20. The van der Waals surface area contributed by atoms with Crippen LogP contribution in [0.3, 0.4) is 0 Å². The van der Waals surface area contributed by atoms with E-state index in [-0.39, 0.29) is 5.91 Å². The van der Waals surface area contributed by atoms with Gasteiger partial charge in [-0.15, -0.1) is 0 Å². The number of anilines is 1. The molecular weight excluding hydrogens is 322 g/mol. The summed E-state index contributed by atoms with van der Waals surface area (Å²) in [5.41, 5.74) is 1.03. The first-order valence-electron chi connectivity index (χ1n) is 8.19. The second kappa shape index (κ2) is 6.68. The summed E-state index contributed by atoms with van der Waals surface area (Å²) in [4.78, 5) is 16.7. The van der Waals surface area contributed by atoms with Gasteiger partial charge < -0.3 is 5.32 Å². The number of nitrogens with one attached hydrogen (secondary N) is 1. The molecule has 24 heavy (non-hydrogen) atoms. The largest absolute Gasteiger partial charge is 0.310 e. The van der Waals surface area contributed by atoms with Gasteiger partial charge in [0.25, 0.3) is 0 Å². The molecule has 7 heteroatoms. The first-order chi connectivity index (χ1) is 11.8. The summed E-state index contributed by atoms with van der Waals surface area (Å²) in [7, 11) is 0. The number of hydrogen-bond donors (Lipinski definition) is 1. The van der Waals surface area contributed by atoms with Crippen molar-refractivity contribution < 1.29 is 4.79 Å². The highest BCUT2D eigenvalue weighted by Crippen LogP contribution is 2.31. The van der Waals surface area contributed by atoms with Gasteiger partial charge >= 0.3 is 0 Å². The van der Waals surface area contributed by atoms with E-state index in [9.17, 15) is 4.79 Å². The Kier molecular flexibility index (Phi) is 4.25. The minimum absolute atomic E-state index is 0.0348. The minimum atomic E-state index is -0.0348. The first kappa shape index (κ1) is 15.3. The number of carbonyl (C=O) groups is 1. The summed E-state index contributed by atoms with van der Waals surface area (Å²) in [5.74, 6) is 1.08. The zero-order chi connectivity index (χ0) is 16.4. The normalized spacial score (nSPS) is 15.2. The zero-order valence-corrected chi connectivity index (χ0v) is 14.1. The maximum atomic E-state index is 12.3. The molecule has 1 saturated carbocycles. The summed E-state index contributed by atoms with van der Waals surface area (Å²) in [5, 5.41) is 8.19. The van der Waals surface area contributed by atoms with Gasteiger partial charge in [-0.1, -0.05) is 30.7 Å². The van der Waals surface area contributed by atoms with E-state index in [2.05, 4.69) is 15.4 Å². The van der Waals surface area contributed by atoms with Gasteiger partial charge in [-0.05, 0) is 25.0 Å². The predicted octanol–water partition coefficient (Wildman–Crippen LogP) is 3.38. The van der Waals surface area contributed by atoms with Crippen molar-refractivity contribution >= 4 is 29.0 Å². The summed E-state index contributed by atoms with van der Waals surface area (Å²) in [6, 6.07) is 8.21. The van der Waals surface area contributed by atoms with Crippen molar-refractivity contribution in [2.24, 2.45) is 0 Å². The fraction of sp³-hybridized carbons (Fsp3) is 0.353. The second-order valence-electron chi connectivity index (χ2n) is 5.97. The van der Waals surface area contributed by atoms with Crippen LogP contribution in [0.5, 0.6) is 0 Å². The van der Waals surface area contributed by atoms with Crippen molar-refractivity contribution in [1.29, 1.82) is 0 Å². The molecule has 0 radical (unpaired) electrons. The van der Waals surface area contributed by atoms with E-state index < -0.39 is 0 Å². The summed E-state index contributed by atoms with van der Waals surface area (Å²) in [6.07, 6.45) is 10.3. The smallest absolute Gasteiger partial charge is 0.235 e. The van der Waals surface area contributed by atoms with Crippen LogP contribution in [0, 0.1) is 0 Å². The molecule has 1 amide bonds. The third-order valence-electron chi connectivity index (χ3n) is 4.35. The fourth-order valence-corrected chi connectivity index (χ4v) is 3.95. The number of nitrogens with zero attached hydrogens (tertiary/aromatic N) is 4. The van der Waals surface area contributed by atoms with Crippen molar-refractivity contribution in [3.05, 3.63) is 42.9 Å². The highest BCUT2D eigenvalue weighted by molar-refractivity contribution is 7.99. The molecule has 0 bridgehead atoms. The minimum Gasteiger partial charge on any atom is -0.310 e. The van der Waals surface area contributed by atoms with Gasteiger partial charge in [0.1, 0.15) is 5.82 Å². The number of hydrogen-bond acceptors (Lipinski definition) is 4. The lowest BCUT2D eigenvalue weighted by atomic mass is 10.2. The Morgan fingerprint density at radius 1 is 1.29 bits per heavy atom. The second-order valence-corrected chi connectivity index (χ2v) is 6.91. The lowest BCUT2D eigenvalue weighted by Gasteiger charge is -2.14. The number of pyridine rings is 1. The van der Waals surface area contributed by atoms with E-state index in [0.717, 1.165) is 29.3 Å². The first-order valence-corrected chi connectivity index (χ1v) is 9.18. The van der Waals surface area contributed by atoms with Crippen molar-refractivity contribution in [3.8, 4) is 0 Å². The van der Waals surface area contributed by atoms with Crippen LogP contribution in [0.25, 0.3) is 5.52 Å². The number of amides is 1. The Hall–Kier alpha value is -2.28. The third kappa shape index (κ3) is 3.03. The van der Waals surface area contributed by atoms with Crippen LogP contribution in [0.1, 0.15) is 31.7 Å². The fourth-order valence-electron chi connectivity index (χ4n) is 3.19. The molecule has 0 aromatic carbocycles. The standard InChI is InChI=1S/C17H19N5OS/c23-16(12-24-17-18-11-14-7-3-4-10-21(14)17)20-15-8-9-19-22(15)13-5-1-2-6-13/h3-4,7-11,13H,1-2,5-6,12H2,(H,20,23). The van der Waals surface area contributed by atoms with E-state index in [1.165, 1.54) is 24.6 Å². The van der Waals surface area contributed by atoms with Crippen molar-refractivity contribution in [3.63, 3.8) is 0 Å². The monoisotopic (exact) mass is 341 g/mol. The number of carbonyl (C=O) groups excluding carboxylic acids is 1. The van der Waals surface area contributed by atoms with Crippen molar-refractivity contribution in [1.82, 2.24) is 19.2 Å². The predicted molar refractivity (Wildman–Crippen MR) is 94.3 cm³/mol. The summed E-state index contributed by atoms with van der Waals surface area (Å²) >= 11 is 1.43. The molecule has 0 spiro atoms. The molecule has 124 valence electrons. The quantitative estimate of drug-likeness (QED) is 0.723. The highest BCUT2D eigenvalue weighted by atomic mass is 32.2. The van der Waals surface area contributed by atoms with Crippen LogP contribution in [-0.2, 0) is 4.79 Å². The van der Waals surface area contributed by atoms with E-state index in [0.29, 0.717) is 11.8 Å². The molecular formula is C17H19N5OS. The maximum Gasteiger partial charge on any atom is 0.235 e. The lowest BCUT2D eigenvalue weighted by molar-refractivity contribution is -0.113. The molecule has 3 aromatic rings. The molecule has 1 fully saturated rings. The Morgan fingerprint density at radius 3 is 3.04 bits per heavy atom. The maximum absolute atomic E-state index is 12.3. The number of rotatable bonds is 5. The number of imidazole rings is 1. The average molecular weight is 341 g/mol. The SMILES string of the molecule is O=C(CSc1ncc2ccccn12)Nc1ccnn1C1CCCC1. The molecule has 1 aliphatic rings. The molecule has 0 saturated heterocycles. The molecule has 0 aliphatic heterocycles. The zero-order valence-electron chi connectivity index (χ0n) is 13.3. The van der Waals surface area contributed by atoms with Crippen LogP contribution < -0.4 is 5.32 Å². The van der Waals surface area contributed by atoms with Crippen LogP contribution in [0.2, 0.25) is 0 Å². The molecule has 0 atom stereocenters. The van der Waals surface area contributed by atoms with E-state index in [4.69, 9.17) is 0 Å².